The molecule has 7 rings (SSSR count). The van der Waals surface area contributed by atoms with Gasteiger partial charge in [0.1, 0.15) is 5.65 Å². The molecule has 8 nitrogen and oxygen atoms in total. The van der Waals surface area contributed by atoms with Crippen LogP contribution in [0.25, 0.3) is 27.7 Å². The Bertz CT molecular complexity index is 1610. The zero-order chi connectivity index (χ0) is 25.1. The molecule has 0 bridgehead atoms. The van der Waals surface area contributed by atoms with Crippen molar-refractivity contribution < 1.29 is 9.59 Å². The molecule has 1 saturated heterocycles. The van der Waals surface area contributed by atoms with E-state index in [2.05, 4.69) is 21.1 Å². The van der Waals surface area contributed by atoms with E-state index in [4.69, 9.17) is 11.6 Å². The maximum Gasteiger partial charge on any atom is 0.320 e. The minimum atomic E-state index is -0.0968. The number of urea groups is 1. The molecular weight excluding hydrogens is 488 g/mol. The van der Waals surface area contributed by atoms with Crippen LogP contribution in [-0.4, -0.2) is 61.9 Å². The molecule has 4 aromatic rings. The van der Waals surface area contributed by atoms with Gasteiger partial charge in [-0.1, -0.05) is 17.7 Å². The molecule has 0 atom stereocenters. The summed E-state index contributed by atoms with van der Waals surface area (Å²) in [6, 6.07) is 9.87. The van der Waals surface area contributed by atoms with Crippen molar-refractivity contribution in [3.05, 3.63) is 70.8 Å². The van der Waals surface area contributed by atoms with Gasteiger partial charge in [0.2, 0.25) is 0 Å². The van der Waals surface area contributed by atoms with Crippen LogP contribution in [0.4, 0.5) is 4.79 Å². The fourth-order valence-corrected chi connectivity index (χ4v) is 6.33. The van der Waals surface area contributed by atoms with Crippen molar-refractivity contribution in [1.29, 1.82) is 0 Å². The maximum absolute atomic E-state index is 13.3. The fourth-order valence-electron chi connectivity index (χ4n) is 6.09. The second kappa shape index (κ2) is 8.66. The average Bonchev–Trinajstić information content (AvgIpc) is 3.57. The molecule has 0 unspecified atom stereocenters. The second-order valence-corrected chi connectivity index (χ2v) is 10.5. The topological polar surface area (TPSA) is 74.9 Å². The van der Waals surface area contributed by atoms with Crippen LogP contribution in [0.5, 0.6) is 0 Å². The number of fused-ring (bicyclic) bond motifs is 1. The van der Waals surface area contributed by atoms with Crippen LogP contribution >= 0.6 is 11.6 Å². The van der Waals surface area contributed by atoms with E-state index >= 15 is 0 Å². The van der Waals surface area contributed by atoms with Gasteiger partial charge in [-0.3, -0.25) is 9.20 Å². The van der Waals surface area contributed by atoms with E-state index in [1.807, 2.05) is 56.9 Å². The van der Waals surface area contributed by atoms with E-state index in [0.717, 1.165) is 64.9 Å². The van der Waals surface area contributed by atoms with Crippen molar-refractivity contribution in [3.8, 4) is 0 Å². The number of carbonyl (C=O) groups excluding carboxylic acids is 2. The molecule has 6 heterocycles. The lowest BCUT2D eigenvalue weighted by Gasteiger charge is -2.32. The quantitative estimate of drug-likeness (QED) is 0.431. The first kappa shape index (κ1) is 22.4. The van der Waals surface area contributed by atoms with E-state index < -0.39 is 0 Å². The normalized spacial score (nSPS) is 18.1. The molecule has 0 saturated carbocycles. The summed E-state index contributed by atoms with van der Waals surface area (Å²) >= 11 is 6.64. The third-order valence-corrected chi connectivity index (χ3v) is 8.05. The summed E-state index contributed by atoms with van der Waals surface area (Å²) in [4.78, 5) is 35.0. The Morgan fingerprint density at radius 1 is 1.03 bits per heavy atom. The summed E-state index contributed by atoms with van der Waals surface area (Å²) in [6.45, 7) is 3.86. The van der Waals surface area contributed by atoms with Crippen molar-refractivity contribution in [2.75, 3.05) is 26.2 Å². The number of hydrogen-bond acceptors (Lipinski definition) is 3. The zero-order valence-corrected chi connectivity index (χ0v) is 21.2. The van der Waals surface area contributed by atoms with Gasteiger partial charge in [0, 0.05) is 73.2 Å². The summed E-state index contributed by atoms with van der Waals surface area (Å²) in [5.74, 6) is -0.0968. The Morgan fingerprint density at radius 3 is 2.76 bits per heavy atom. The van der Waals surface area contributed by atoms with Gasteiger partial charge >= 0.3 is 6.03 Å². The fraction of sp³-hybridized carbons (Fsp3) is 0.321. The SMILES string of the molecule is O=C1NCC(c2cnc3ccccn23)=C1c1cn2c3c(cc(Cl)cc13)CN(C(=O)N1CCCCC1)CC2. The number of imidazole rings is 1. The van der Waals surface area contributed by atoms with Crippen molar-refractivity contribution >= 4 is 51.2 Å². The molecule has 188 valence electrons. The Kier molecular flexibility index (Phi) is 5.25. The predicted octanol–water partition coefficient (Wildman–Crippen LogP) is 4.40. The van der Waals surface area contributed by atoms with Crippen LogP contribution in [0.3, 0.4) is 0 Å². The number of nitrogens with zero attached hydrogens (tertiary/aromatic N) is 5. The third kappa shape index (κ3) is 3.62. The van der Waals surface area contributed by atoms with Crippen molar-refractivity contribution in [2.45, 2.75) is 32.4 Å². The highest BCUT2D eigenvalue weighted by Crippen LogP contribution is 2.39. The smallest absolute Gasteiger partial charge is 0.320 e. The molecule has 37 heavy (non-hydrogen) atoms. The first-order valence-corrected chi connectivity index (χ1v) is 13.3. The summed E-state index contributed by atoms with van der Waals surface area (Å²) in [6.07, 6.45) is 9.17. The third-order valence-electron chi connectivity index (χ3n) is 7.84. The van der Waals surface area contributed by atoms with Gasteiger partial charge in [-0.25, -0.2) is 9.78 Å². The molecule has 0 aliphatic carbocycles. The highest BCUT2D eigenvalue weighted by molar-refractivity contribution is 6.34. The van der Waals surface area contributed by atoms with Crippen LogP contribution < -0.4 is 5.32 Å². The van der Waals surface area contributed by atoms with Crippen LogP contribution in [0.2, 0.25) is 5.02 Å². The van der Waals surface area contributed by atoms with E-state index in [1.165, 1.54) is 6.42 Å². The van der Waals surface area contributed by atoms with Crippen LogP contribution in [0.15, 0.2) is 48.9 Å². The molecule has 1 fully saturated rings. The lowest BCUT2D eigenvalue weighted by Crippen LogP contribution is -2.45. The van der Waals surface area contributed by atoms with Gasteiger partial charge in [-0.2, -0.15) is 0 Å². The minimum Gasteiger partial charge on any atom is -0.348 e. The zero-order valence-electron chi connectivity index (χ0n) is 20.4. The summed E-state index contributed by atoms with van der Waals surface area (Å²) in [5, 5.41) is 4.56. The summed E-state index contributed by atoms with van der Waals surface area (Å²) < 4.78 is 4.20. The lowest BCUT2D eigenvalue weighted by molar-refractivity contribution is -0.114. The second-order valence-electron chi connectivity index (χ2n) is 10.1. The number of hydrogen-bond donors (Lipinski definition) is 1. The number of aromatic nitrogens is 3. The molecular formula is C28H27ClN6O2. The number of rotatable bonds is 2. The standard InChI is InChI=1S/C28H27ClN6O2/c29-19-12-18-16-34(28(37)32-7-3-1-4-8-32)11-10-33-17-22(20(13-19)26(18)33)25-21(14-31-27(25)36)23-15-30-24-6-2-5-9-35(23)24/h2,5-6,9,12-13,15,17H,1,3-4,7-8,10-11,14,16H2,(H,31,36). The molecule has 3 aliphatic rings. The predicted molar refractivity (Wildman–Crippen MR) is 143 cm³/mol. The molecule has 3 aliphatic heterocycles. The molecule has 0 spiro atoms. The molecule has 9 heteroatoms. The number of piperidine rings is 1. The minimum absolute atomic E-state index is 0.0968. The monoisotopic (exact) mass is 514 g/mol. The number of nitrogens with one attached hydrogen (secondary N) is 1. The van der Waals surface area contributed by atoms with Gasteiger partial charge < -0.3 is 19.7 Å². The van der Waals surface area contributed by atoms with Gasteiger partial charge in [0.15, 0.2) is 0 Å². The first-order valence-electron chi connectivity index (χ1n) is 12.9. The molecule has 0 radical (unpaired) electrons. The number of pyridine rings is 1. The van der Waals surface area contributed by atoms with Gasteiger partial charge in [-0.05, 0) is 49.1 Å². The van der Waals surface area contributed by atoms with Gasteiger partial charge in [0.25, 0.3) is 5.91 Å². The number of carbonyl (C=O) groups is 2. The molecule has 1 N–H and O–H groups in total. The molecule has 3 aromatic heterocycles. The van der Waals surface area contributed by atoms with Crippen LogP contribution in [0.1, 0.15) is 36.1 Å². The van der Waals surface area contributed by atoms with Gasteiger partial charge in [0.05, 0.1) is 23.0 Å². The highest BCUT2D eigenvalue weighted by Gasteiger charge is 2.32. The summed E-state index contributed by atoms with van der Waals surface area (Å²) in [7, 11) is 0. The Balaban J connectivity index is 1.34. The van der Waals surface area contributed by atoms with Crippen LogP contribution in [-0.2, 0) is 17.9 Å². The largest absolute Gasteiger partial charge is 0.348 e. The Morgan fingerprint density at radius 2 is 1.89 bits per heavy atom. The van der Waals surface area contributed by atoms with E-state index in [-0.39, 0.29) is 11.9 Å². The molecule has 3 amide bonds. The van der Waals surface area contributed by atoms with Gasteiger partial charge in [-0.15, -0.1) is 0 Å². The van der Waals surface area contributed by atoms with Crippen LogP contribution in [0, 0.1) is 0 Å². The Hall–Kier alpha value is -3.78. The lowest BCUT2D eigenvalue weighted by atomic mass is 9.98. The van der Waals surface area contributed by atoms with E-state index in [1.54, 1.807) is 0 Å². The number of amides is 3. The number of benzene rings is 1. The van der Waals surface area contributed by atoms with Crippen molar-refractivity contribution in [1.82, 2.24) is 29.1 Å². The first-order chi connectivity index (χ1) is 18.1. The van der Waals surface area contributed by atoms with Crippen molar-refractivity contribution in [3.63, 3.8) is 0 Å². The number of likely N-dealkylation sites (tertiary alicyclic amines) is 1. The number of halogens is 1. The highest BCUT2D eigenvalue weighted by atomic mass is 35.5. The van der Waals surface area contributed by atoms with E-state index in [0.29, 0.717) is 36.8 Å². The Labute approximate surface area is 219 Å². The van der Waals surface area contributed by atoms with Crippen molar-refractivity contribution in [2.24, 2.45) is 0 Å². The summed E-state index contributed by atoms with van der Waals surface area (Å²) in [5.41, 5.74) is 6.23. The maximum atomic E-state index is 13.3. The molecule has 1 aromatic carbocycles. The average molecular weight is 515 g/mol. The van der Waals surface area contributed by atoms with E-state index in [9.17, 15) is 9.59 Å².